The molecule has 0 radical (unpaired) electrons. The molecule has 9 heteroatoms. The Morgan fingerprint density at radius 3 is 2.86 bits per heavy atom. The number of H-pyrrole nitrogens is 1. The summed E-state index contributed by atoms with van der Waals surface area (Å²) in [6.45, 7) is 0.650. The smallest absolute Gasteiger partial charge is 0.250 e. The molecule has 0 amide bonds. The summed E-state index contributed by atoms with van der Waals surface area (Å²) in [5.74, 6) is 0. The average Bonchev–Trinajstić information content (AvgIpc) is 3.17. The van der Waals surface area contributed by atoms with Crippen LogP contribution < -0.4 is 0 Å². The molecule has 0 fully saturated rings. The van der Waals surface area contributed by atoms with Crippen molar-refractivity contribution in [2.75, 3.05) is 6.26 Å². The van der Waals surface area contributed by atoms with Gasteiger partial charge in [-0.15, -0.1) is 0 Å². The molecule has 0 bridgehead atoms. The second kappa shape index (κ2) is 6.03. The van der Waals surface area contributed by atoms with Crippen LogP contribution in [0.2, 0.25) is 0 Å². The largest absolute Gasteiger partial charge is 0.293 e. The van der Waals surface area contributed by atoms with Crippen LogP contribution in [0.3, 0.4) is 0 Å². The summed E-state index contributed by atoms with van der Waals surface area (Å²) >= 11 is 0. The summed E-state index contributed by atoms with van der Waals surface area (Å²) in [4.78, 5) is 9.01. The zero-order valence-electron chi connectivity index (χ0n) is 14.9. The number of benzene rings is 1. The molecular weight excluding hydrogens is 376 g/mol. The van der Waals surface area contributed by atoms with Crippen LogP contribution in [0.15, 0.2) is 61.1 Å². The molecule has 5 rings (SSSR count). The van der Waals surface area contributed by atoms with Crippen LogP contribution in [0, 0.1) is 0 Å². The molecule has 0 aliphatic carbocycles. The van der Waals surface area contributed by atoms with E-state index in [4.69, 9.17) is 0 Å². The summed E-state index contributed by atoms with van der Waals surface area (Å²) in [5, 5.41) is 8.26. The minimum Gasteiger partial charge on any atom is -0.293 e. The molecule has 140 valence electrons. The maximum atomic E-state index is 11.6. The van der Waals surface area contributed by atoms with Crippen LogP contribution in [0.4, 0.5) is 0 Å². The first-order valence-corrected chi connectivity index (χ1v) is 10.5. The molecule has 4 aromatic heterocycles. The van der Waals surface area contributed by atoms with Gasteiger partial charge in [0.05, 0.1) is 41.9 Å². The van der Waals surface area contributed by atoms with E-state index in [0.717, 1.165) is 38.0 Å². The molecular formula is C19H16N6O2S. The normalized spacial score (nSPS) is 12.2. The van der Waals surface area contributed by atoms with Gasteiger partial charge in [-0.25, -0.2) is 13.4 Å². The minimum atomic E-state index is -3.41. The first-order chi connectivity index (χ1) is 13.5. The van der Waals surface area contributed by atoms with E-state index in [9.17, 15) is 8.42 Å². The number of aromatic nitrogens is 6. The average molecular weight is 392 g/mol. The minimum absolute atomic E-state index is 0.650. The molecule has 0 atom stereocenters. The lowest BCUT2D eigenvalue weighted by Crippen LogP contribution is -2.13. The molecule has 8 nitrogen and oxygen atoms in total. The van der Waals surface area contributed by atoms with Crippen LogP contribution in [-0.4, -0.2) is 43.6 Å². The lowest BCUT2D eigenvalue weighted by molar-refractivity contribution is 0.586. The van der Waals surface area contributed by atoms with Gasteiger partial charge in [0.15, 0.2) is 5.65 Å². The Bertz CT molecular complexity index is 1430. The molecule has 0 aliphatic heterocycles. The van der Waals surface area contributed by atoms with Gasteiger partial charge in [0.1, 0.15) is 0 Å². The lowest BCUT2D eigenvalue weighted by atomic mass is 10.1. The van der Waals surface area contributed by atoms with Crippen molar-refractivity contribution >= 4 is 32.1 Å². The topological polar surface area (TPSA) is 98.5 Å². The van der Waals surface area contributed by atoms with E-state index in [-0.39, 0.29) is 0 Å². The van der Waals surface area contributed by atoms with Gasteiger partial charge < -0.3 is 0 Å². The fraction of sp³-hybridized carbons (Fsp3) is 0.105. The van der Waals surface area contributed by atoms with Gasteiger partial charge in [0.25, 0.3) is 10.0 Å². The second-order valence-electron chi connectivity index (χ2n) is 6.66. The SMILES string of the molecule is CS(=O)(=O)n1cc(-c2ccc3[nH]n(Cc4ccc5ncccc5c4)c3n2)cn1. The van der Waals surface area contributed by atoms with Crippen LogP contribution in [-0.2, 0) is 16.6 Å². The maximum Gasteiger partial charge on any atom is 0.250 e. The van der Waals surface area contributed by atoms with Gasteiger partial charge in [0.2, 0.25) is 0 Å². The highest BCUT2D eigenvalue weighted by Crippen LogP contribution is 2.23. The van der Waals surface area contributed by atoms with Crippen molar-refractivity contribution in [3.05, 3.63) is 66.6 Å². The Labute approximate surface area is 160 Å². The molecule has 1 aromatic carbocycles. The van der Waals surface area contributed by atoms with Crippen molar-refractivity contribution in [2.45, 2.75) is 6.54 Å². The zero-order valence-corrected chi connectivity index (χ0v) is 15.8. The van der Waals surface area contributed by atoms with Crippen molar-refractivity contribution in [1.29, 1.82) is 0 Å². The fourth-order valence-electron chi connectivity index (χ4n) is 3.19. The number of pyridine rings is 2. The second-order valence-corrected chi connectivity index (χ2v) is 8.50. The van der Waals surface area contributed by atoms with Crippen molar-refractivity contribution in [3.8, 4) is 11.3 Å². The van der Waals surface area contributed by atoms with Crippen LogP contribution >= 0.6 is 0 Å². The molecule has 0 aliphatic rings. The summed E-state index contributed by atoms with van der Waals surface area (Å²) in [7, 11) is -3.41. The van der Waals surface area contributed by atoms with Gasteiger partial charge >= 0.3 is 0 Å². The van der Waals surface area contributed by atoms with Crippen molar-refractivity contribution in [2.24, 2.45) is 0 Å². The highest BCUT2D eigenvalue weighted by molar-refractivity contribution is 7.89. The maximum absolute atomic E-state index is 11.6. The molecule has 28 heavy (non-hydrogen) atoms. The van der Waals surface area contributed by atoms with Gasteiger partial charge in [-0.3, -0.25) is 14.8 Å². The van der Waals surface area contributed by atoms with Crippen molar-refractivity contribution < 1.29 is 8.42 Å². The first-order valence-electron chi connectivity index (χ1n) is 8.62. The van der Waals surface area contributed by atoms with E-state index in [2.05, 4.69) is 32.3 Å². The molecule has 0 saturated carbocycles. The number of fused-ring (bicyclic) bond motifs is 2. The number of rotatable bonds is 4. The van der Waals surface area contributed by atoms with Gasteiger partial charge in [-0.2, -0.15) is 9.19 Å². The molecule has 0 saturated heterocycles. The standard InChI is InChI=1S/C19H16N6O2S/c1-28(26,27)25-12-15(10-21-25)17-6-7-18-19(22-17)24(23-18)11-13-4-5-16-14(9-13)3-2-8-20-16/h2-10,12,23H,11H2,1H3. The van der Waals surface area contributed by atoms with E-state index >= 15 is 0 Å². The predicted molar refractivity (Wildman–Crippen MR) is 106 cm³/mol. The predicted octanol–water partition coefficient (Wildman–Crippen LogP) is 2.63. The zero-order chi connectivity index (χ0) is 19.3. The molecule has 0 spiro atoms. The third-order valence-corrected chi connectivity index (χ3v) is 5.47. The van der Waals surface area contributed by atoms with Gasteiger partial charge in [0, 0.05) is 17.1 Å². The Kier molecular flexibility index (Phi) is 3.59. The Balaban J connectivity index is 1.48. The Morgan fingerprint density at radius 2 is 2.04 bits per heavy atom. The summed E-state index contributed by atoms with van der Waals surface area (Å²) in [6.07, 6.45) is 5.87. The van der Waals surface area contributed by atoms with Crippen LogP contribution in [0.5, 0.6) is 0 Å². The molecule has 5 aromatic rings. The summed E-state index contributed by atoms with van der Waals surface area (Å²) in [6, 6.07) is 13.9. The molecule has 1 N–H and O–H groups in total. The number of nitrogens with zero attached hydrogens (tertiary/aromatic N) is 5. The third-order valence-electron chi connectivity index (χ3n) is 4.59. The third kappa shape index (κ3) is 2.85. The van der Waals surface area contributed by atoms with Crippen LogP contribution in [0.25, 0.3) is 33.3 Å². The fourth-order valence-corrected chi connectivity index (χ4v) is 3.71. The van der Waals surface area contributed by atoms with Crippen molar-refractivity contribution in [3.63, 3.8) is 0 Å². The van der Waals surface area contributed by atoms with E-state index < -0.39 is 10.0 Å². The van der Waals surface area contributed by atoms with E-state index in [0.29, 0.717) is 17.8 Å². The lowest BCUT2D eigenvalue weighted by Gasteiger charge is -2.16. The highest BCUT2D eigenvalue weighted by atomic mass is 32.2. The quantitative estimate of drug-likeness (QED) is 0.507. The molecule has 0 unspecified atom stereocenters. The van der Waals surface area contributed by atoms with Gasteiger partial charge in [-0.1, -0.05) is 12.1 Å². The van der Waals surface area contributed by atoms with Crippen molar-refractivity contribution in [1.82, 2.24) is 28.9 Å². The molecule has 4 heterocycles. The Morgan fingerprint density at radius 1 is 1.14 bits per heavy atom. The summed E-state index contributed by atoms with van der Waals surface area (Å²) in [5.41, 5.74) is 5.17. The Hall–Kier alpha value is -3.46. The van der Waals surface area contributed by atoms with E-state index in [1.165, 1.54) is 12.4 Å². The number of hydrogen-bond acceptors (Lipinski definition) is 5. The first kappa shape index (κ1) is 16.7. The number of hydrogen-bond donors (Lipinski definition) is 1. The highest BCUT2D eigenvalue weighted by Gasteiger charge is 2.13. The van der Waals surface area contributed by atoms with E-state index in [1.807, 2.05) is 35.0 Å². The number of aromatic amines is 1. The van der Waals surface area contributed by atoms with Crippen LogP contribution in [0.1, 0.15) is 5.56 Å². The van der Waals surface area contributed by atoms with E-state index in [1.54, 1.807) is 6.20 Å². The monoisotopic (exact) mass is 392 g/mol. The van der Waals surface area contributed by atoms with Gasteiger partial charge in [-0.05, 0) is 35.9 Å². The number of nitrogens with one attached hydrogen (secondary N) is 1. The summed E-state index contributed by atoms with van der Waals surface area (Å²) < 4.78 is 26.1.